The van der Waals surface area contributed by atoms with Crippen LogP contribution in [0.3, 0.4) is 0 Å². The van der Waals surface area contributed by atoms with E-state index in [1.54, 1.807) is 0 Å². The van der Waals surface area contributed by atoms with Crippen molar-refractivity contribution in [3.8, 4) is 0 Å². The van der Waals surface area contributed by atoms with E-state index in [9.17, 15) is 26.3 Å². The van der Waals surface area contributed by atoms with Gasteiger partial charge in [0.2, 0.25) is 0 Å². The molecule has 0 saturated heterocycles. The van der Waals surface area contributed by atoms with Gasteiger partial charge < -0.3 is 5.32 Å². The third kappa shape index (κ3) is 5.58. The van der Waals surface area contributed by atoms with Gasteiger partial charge in [0.1, 0.15) is 0 Å². The summed E-state index contributed by atoms with van der Waals surface area (Å²) in [6, 6.07) is -0.494. The second-order valence-electron chi connectivity index (χ2n) is 5.21. The quantitative estimate of drug-likeness (QED) is 0.762. The maximum Gasteiger partial charge on any atom is 0.391 e. The molecular weight excluding hydrogens is 272 g/mol. The molecule has 7 heteroatoms. The lowest BCUT2D eigenvalue weighted by Gasteiger charge is -2.35. The van der Waals surface area contributed by atoms with Crippen LogP contribution in [0.5, 0.6) is 0 Å². The van der Waals surface area contributed by atoms with Gasteiger partial charge in [0.15, 0.2) is 0 Å². The highest BCUT2D eigenvalue weighted by Crippen LogP contribution is 2.41. The minimum atomic E-state index is -4.26. The lowest BCUT2D eigenvalue weighted by molar-refractivity contribution is -0.187. The fourth-order valence-electron chi connectivity index (χ4n) is 2.83. The largest absolute Gasteiger partial charge is 0.391 e. The molecule has 0 heterocycles. The van der Waals surface area contributed by atoms with E-state index in [1.807, 2.05) is 0 Å². The smallest absolute Gasteiger partial charge is 0.317 e. The Morgan fingerprint density at radius 1 is 1.11 bits per heavy atom. The van der Waals surface area contributed by atoms with Crippen molar-refractivity contribution in [2.75, 3.05) is 7.05 Å². The molecule has 1 rings (SSSR count). The van der Waals surface area contributed by atoms with Crippen LogP contribution in [0.15, 0.2) is 0 Å². The molecule has 0 spiro atoms. The molecule has 1 saturated carbocycles. The molecular formula is C12H19F6N. The molecule has 0 aromatic carbocycles. The first-order valence-corrected chi connectivity index (χ1v) is 6.44. The molecule has 3 atom stereocenters. The molecule has 0 aromatic rings. The zero-order chi connectivity index (χ0) is 14.7. The van der Waals surface area contributed by atoms with Gasteiger partial charge in [-0.1, -0.05) is 6.42 Å². The highest BCUT2D eigenvalue weighted by molar-refractivity contribution is 4.84. The highest BCUT2D eigenvalue weighted by Gasteiger charge is 2.43. The van der Waals surface area contributed by atoms with Crippen molar-refractivity contribution >= 4 is 0 Å². The normalized spacial score (nSPS) is 27.3. The van der Waals surface area contributed by atoms with E-state index in [0.29, 0.717) is 12.8 Å². The second kappa shape index (κ2) is 6.33. The fraction of sp³-hybridized carbons (Fsp3) is 1.00. The Balaban J connectivity index is 2.56. The van der Waals surface area contributed by atoms with Crippen LogP contribution in [0.25, 0.3) is 0 Å². The number of halogens is 6. The molecule has 1 aliphatic rings. The van der Waals surface area contributed by atoms with Gasteiger partial charge in [0.05, 0.1) is 5.92 Å². The number of hydrogen-bond acceptors (Lipinski definition) is 1. The molecule has 1 nitrogen and oxygen atoms in total. The van der Waals surface area contributed by atoms with Crippen molar-refractivity contribution in [2.24, 2.45) is 11.8 Å². The predicted molar refractivity (Wildman–Crippen MR) is 59.6 cm³/mol. The summed E-state index contributed by atoms with van der Waals surface area (Å²) in [7, 11) is 1.51. The maximum absolute atomic E-state index is 12.7. The summed E-state index contributed by atoms with van der Waals surface area (Å²) in [4.78, 5) is 0. The molecule has 1 aliphatic carbocycles. The van der Waals surface area contributed by atoms with Crippen molar-refractivity contribution in [3.63, 3.8) is 0 Å². The standard InChI is InChI=1S/C12H19F6N/c1-19-10(5-6-11(13,14)15)8-3-2-4-9(7-8)12(16,17)18/h8-10,19H,2-7H2,1H3. The number of hydrogen-bond donors (Lipinski definition) is 1. The SMILES string of the molecule is CNC(CCC(F)(F)F)C1CCCC(C(F)(F)F)C1. The van der Waals surface area contributed by atoms with Crippen molar-refractivity contribution in [1.82, 2.24) is 5.32 Å². The van der Waals surface area contributed by atoms with Crippen LogP contribution >= 0.6 is 0 Å². The van der Waals surface area contributed by atoms with Gasteiger partial charge in [-0.25, -0.2) is 0 Å². The van der Waals surface area contributed by atoms with Gasteiger partial charge in [0.25, 0.3) is 0 Å². The number of nitrogens with one attached hydrogen (secondary N) is 1. The Hall–Kier alpha value is -0.460. The van der Waals surface area contributed by atoms with Gasteiger partial charge >= 0.3 is 12.4 Å². The molecule has 0 amide bonds. The third-order valence-corrected chi connectivity index (χ3v) is 3.86. The van der Waals surface area contributed by atoms with E-state index in [0.717, 1.165) is 0 Å². The van der Waals surface area contributed by atoms with E-state index < -0.39 is 30.7 Å². The average molecular weight is 291 g/mol. The first kappa shape index (κ1) is 16.6. The van der Waals surface area contributed by atoms with E-state index >= 15 is 0 Å². The van der Waals surface area contributed by atoms with Crippen LogP contribution in [0.4, 0.5) is 26.3 Å². The molecule has 3 unspecified atom stereocenters. The first-order chi connectivity index (χ1) is 8.63. The van der Waals surface area contributed by atoms with Crippen LogP contribution < -0.4 is 5.32 Å². The summed E-state index contributed by atoms with van der Waals surface area (Å²) < 4.78 is 74.5. The molecule has 0 aliphatic heterocycles. The Morgan fingerprint density at radius 2 is 1.74 bits per heavy atom. The minimum absolute atomic E-state index is 0.0626. The first-order valence-electron chi connectivity index (χ1n) is 6.44. The van der Waals surface area contributed by atoms with Crippen molar-refractivity contribution in [2.45, 2.75) is 56.9 Å². The van der Waals surface area contributed by atoms with Crippen LogP contribution in [0.2, 0.25) is 0 Å². The van der Waals surface area contributed by atoms with Crippen LogP contribution in [0, 0.1) is 11.8 Å². The van der Waals surface area contributed by atoms with Gasteiger partial charge in [0, 0.05) is 12.5 Å². The number of alkyl halides is 6. The summed E-state index contributed by atoms with van der Waals surface area (Å²) in [5.41, 5.74) is 0. The Morgan fingerprint density at radius 3 is 2.21 bits per heavy atom. The summed E-state index contributed by atoms with van der Waals surface area (Å²) in [6.07, 6.45) is -8.58. The van der Waals surface area contributed by atoms with Crippen LogP contribution in [-0.2, 0) is 0 Å². The second-order valence-corrected chi connectivity index (χ2v) is 5.21. The highest BCUT2D eigenvalue weighted by atomic mass is 19.4. The summed E-state index contributed by atoms with van der Waals surface area (Å²) in [5.74, 6) is -1.69. The van der Waals surface area contributed by atoms with Gasteiger partial charge in [-0.2, -0.15) is 26.3 Å². The summed E-state index contributed by atoms with van der Waals surface area (Å²) in [5, 5.41) is 2.75. The third-order valence-electron chi connectivity index (χ3n) is 3.86. The van der Waals surface area contributed by atoms with Crippen LogP contribution in [-0.4, -0.2) is 25.4 Å². The topological polar surface area (TPSA) is 12.0 Å². The summed E-state index contributed by atoms with van der Waals surface area (Å²) in [6.45, 7) is 0. The fourth-order valence-corrected chi connectivity index (χ4v) is 2.83. The predicted octanol–water partition coefficient (Wildman–Crippen LogP) is 4.29. The lowest BCUT2D eigenvalue weighted by atomic mass is 9.76. The van der Waals surface area contributed by atoms with E-state index in [-0.39, 0.29) is 25.2 Å². The minimum Gasteiger partial charge on any atom is -0.317 e. The molecule has 0 aromatic heterocycles. The average Bonchev–Trinajstić information content (AvgIpc) is 2.27. The van der Waals surface area contributed by atoms with E-state index in [2.05, 4.69) is 5.32 Å². The van der Waals surface area contributed by atoms with Crippen molar-refractivity contribution < 1.29 is 26.3 Å². The summed E-state index contributed by atoms with van der Waals surface area (Å²) >= 11 is 0. The van der Waals surface area contributed by atoms with Gasteiger partial charge in [-0.3, -0.25) is 0 Å². The molecule has 0 radical (unpaired) electrons. The lowest BCUT2D eigenvalue weighted by Crippen LogP contribution is -2.40. The molecule has 1 N–H and O–H groups in total. The van der Waals surface area contributed by atoms with Gasteiger partial charge in [-0.05, 0) is 38.6 Å². The molecule has 114 valence electrons. The van der Waals surface area contributed by atoms with E-state index in [4.69, 9.17) is 0 Å². The Bertz CT molecular complexity index is 272. The zero-order valence-corrected chi connectivity index (χ0v) is 10.7. The molecule has 19 heavy (non-hydrogen) atoms. The van der Waals surface area contributed by atoms with Crippen LogP contribution in [0.1, 0.15) is 38.5 Å². The zero-order valence-electron chi connectivity index (χ0n) is 10.7. The Labute approximate surface area is 108 Å². The molecule has 1 fully saturated rings. The Kier molecular flexibility index (Phi) is 5.53. The van der Waals surface area contributed by atoms with Gasteiger partial charge in [-0.15, -0.1) is 0 Å². The van der Waals surface area contributed by atoms with Crippen molar-refractivity contribution in [3.05, 3.63) is 0 Å². The molecule has 0 bridgehead atoms. The maximum atomic E-state index is 12.7. The van der Waals surface area contributed by atoms with E-state index in [1.165, 1.54) is 7.05 Å². The van der Waals surface area contributed by atoms with Crippen molar-refractivity contribution in [1.29, 1.82) is 0 Å². The monoisotopic (exact) mass is 291 g/mol. The number of rotatable bonds is 4.